The molecule has 36 N–H and O–H groups in total. The molecule has 0 aromatic heterocycles. The van der Waals surface area contributed by atoms with Crippen LogP contribution in [-0.4, -0.2) is 472 Å². The largest absolute Gasteiger partial charge is 3.00 e. The van der Waals surface area contributed by atoms with Gasteiger partial charge in [-0.05, 0) is 0 Å². The first-order valence-electron chi connectivity index (χ1n) is 5.86. The summed E-state index contributed by atoms with van der Waals surface area (Å²) in [5.41, 5.74) is 0. The van der Waals surface area contributed by atoms with E-state index in [0.29, 0.717) is 0 Å². The van der Waals surface area contributed by atoms with Gasteiger partial charge in [-0.15, -0.1) is 0 Å². The van der Waals surface area contributed by atoms with E-state index in [1.54, 1.807) is 0 Å². The monoisotopic (exact) mass is 1840 g/mol. The average Bonchev–Trinajstić information content (AvgIpc) is 2.39. The van der Waals surface area contributed by atoms with Gasteiger partial charge < -0.3 is 190 Å². The van der Waals surface area contributed by atoms with Crippen LogP contribution in [0.3, 0.4) is 0 Å². The van der Waals surface area contributed by atoms with Gasteiger partial charge >= 0.3 is 526 Å². The maximum Gasteiger partial charge on any atom is 3.00 e. The Kier molecular flexibility index (Phi) is 2520. The molecule has 45 nitrogen and oxygen atoms in total. The molecule has 0 aliphatic heterocycles. The Bertz CT molecular complexity index is 506. The molecule has 0 fully saturated rings. The second kappa shape index (κ2) is 424. The van der Waals surface area contributed by atoms with Crippen molar-refractivity contribution in [1.82, 2.24) is 0 Å². The molecule has 0 rings (SSSR count). The zero-order chi connectivity index (χ0) is 32.2. The Morgan fingerprint density at radius 3 is 0.149 bits per heavy atom. The van der Waals surface area contributed by atoms with Crippen LogP contribution in [0, 0.1) is 0 Å². The molecule has 0 saturated heterocycles. The van der Waals surface area contributed by atoms with E-state index >= 15 is 0 Å². The standard InChI is InChI=1S/9CH2O3.5Al.5Ca.9H2O.9O.10Zn/c9*2-1(3)4;;;;;;;;;;;;;;;;;;;;;;;;;;;;;;;;;;;;;;/h9*(H2,2,3,4);;;;;;;;;;;9*1H2;;;;;;;;;;;;;;;;;;;/q;;;;;;;;;5*+3;5*+2;;;;;;;;;;9*-2;10*+2. The third kappa shape index (κ3) is 7960. The van der Waals surface area contributed by atoms with E-state index in [0.717, 1.165) is 0 Å². The first-order valence-corrected chi connectivity index (χ1v) is 5.86. The topological polar surface area (TPSA) is 1060 Å². The molecular weight excluding hydrogens is 1820 g/mol. The predicted octanol–water partition coefficient (Wildman–Crippen LogP) is -10.3. The SMILES string of the molecule is O.O.O.O.O.O.O.O.O.O=C(O)O.O=C(O)O.O=C(O)O.O=C(O)O.O=C(O)O.O=C(O)O.O=C(O)O.O=C(O)O.O=C(O)O.[Al+3].[Al+3].[Al+3].[Al+3].[Al+3].[Ca+2].[Ca+2].[Ca+2].[Ca+2].[Ca+2].[O-2].[O-2].[O-2].[O-2].[O-2].[O-2].[O-2].[O-2].[O-2].[Zn+2].[Zn+2].[Zn+2].[Zn+2].[Zn+2].[Zn+2].[Zn+2].[Zn+2].[Zn+2].[Zn+2]. The Morgan fingerprint density at radius 1 is 0.149 bits per heavy atom. The minimum absolute atomic E-state index is 0. The summed E-state index contributed by atoms with van der Waals surface area (Å²) in [5, 5.41) is 126. The number of carboxylic acid groups (broad SMARTS) is 18. The molecule has 0 amide bonds. The first-order chi connectivity index (χ1) is 15.6. The summed E-state index contributed by atoms with van der Waals surface area (Å²) in [7, 11) is 0. The molecule has 0 radical (unpaired) electrons. The molecule has 74 heavy (non-hydrogen) atoms. The minimum atomic E-state index is -1.83. The van der Waals surface area contributed by atoms with Crippen molar-refractivity contribution in [3.63, 3.8) is 0 Å². The van der Waals surface area contributed by atoms with Crippen LogP contribution in [0.25, 0.3) is 0 Å². The second-order valence-corrected chi connectivity index (χ2v) is 2.54. The van der Waals surface area contributed by atoms with Gasteiger partial charge in [0.1, 0.15) is 0 Å². The molecule has 0 heterocycles. The van der Waals surface area contributed by atoms with Crippen LogP contribution in [0.4, 0.5) is 43.2 Å². The zero-order valence-electron chi connectivity index (χ0n) is 37.9. The van der Waals surface area contributed by atoms with Crippen molar-refractivity contribution in [2.75, 3.05) is 0 Å². The van der Waals surface area contributed by atoms with Crippen LogP contribution in [0.5, 0.6) is 0 Å². The van der Waals surface area contributed by atoms with Crippen molar-refractivity contribution in [3.8, 4) is 0 Å². The number of rotatable bonds is 0. The molecular formula is C9H36Al5Ca5O45Zn10+27. The fourth-order valence-corrected chi connectivity index (χ4v) is 0. The fourth-order valence-electron chi connectivity index (χ4n) is 0. The summed E-state index contributed by atoms with van der Waals surface area (Å²) >= 11 is 0. The van der Waals surface area contributed by atoms with Crippen molar-refractivity contribution in [1.29, 1.82) is 0 Å². The maximum atomic E-state index is 8.56. The minimum Gasteiger partial charge on any atom is -2.00 e. The maximum absolute atomic E-state index is 8.56. The molecule has 0 spiro atoms. The quantitative estimate of drug-likeness (QED) is 0.100. The third-order valence-corrected chi connectivity index (χ3v) is 0. The van der Waals surface area contributed by atoms with E-state index in [2.05, 4.69) is 0 Å². The first kappa shape index (κ1) is 440. The molecule has 0 aromatic carbocycles. The van der Waals surface area contributed by atoms with E-state index < -0.39 is 55.4 Å². The van der Waals surface area contributed by atoms with Gasteiger partial charge in [0.15, 0.2) is 0 Å². The van der Waals surface area contributed by atoms with Crippen LogP contribution in [0.15, 0.2) is 0 Å². The normalized spacial score (nSPS) is 2.92. The van der Waals surface area contributed by atoms with Gasteiger partial charge in [0.05, 0.1) is 0 Å². The summed E-state index contributed by atoms with van der Waals surface area (Å²) < 4.78 is 0. The van der Waals surface area contributed by atoms with Gasteiger partial charge in [-0.3, -0.25) is 0 Å². The molecule has 0 atom stereocenters. The Hall–Kier alpha value is 7.90. The molecule has 0 aromatic rings. The van der Waals surface area contributed by atoms with Crippen molar-refractivity contribution in [3.05, 3.63) is 0 Å². The van der Waals surface area contributed by atoms with E-state index in [4.69, 9.17) is 135 Å². The van der Waals surface area contributed by atoms with E-state index in [1.165, 1.54) is 0 Å². The number of carbonyl (C=O) groups is 9. The summed E-state index contributed by atoms with van der Waals surface area (Å²) in [5.74, 6) is 0. The van der Waals surface area contributed by atoms with Crippen LogP contribution in [0.1, 0.15) is 0 Å². The summed E-state index contributed by atoms with van der Waals surface area (Å²) in [6.07, 6.45) is -16.5. The molecule has 0 unspecified atom stereocenters. The van der Waals surface area contributed by atoms with Crippen LogP contribution in [-0.2, 0) is 244 Å². The second-order valence-electron chi connectivity index (χ2n) is 2.54. The van der Waals surface area contributed by atoms with E-state index in [1.807, 2.05) is 0 Å². The fraction of sp³-hybridized carbons (Fsp3) is 0. The third-order valence-electron chi connectivity index (χ3n) is 0. The van der Waals surface area contributed by atoms with E-state index in [-0.39, 0.29) is 569 Å². The Balaban J connectivity index is -0.00000000231. The number of hydrogen-bond donors (Lipinski definition) is 18. The average molecular weight is 1850 g/mol. The van der Waals surface area contributed by atoms with E-state index in [9.17, 15) is 0 Å². The number of hydrogen-bond acceptors (Lipinski definition) is 9. The van der Waals surface area contributed by atoms with Crippen LogP contribution in [0.2, 0.25) is 0 Å². The summed E-state index contributed by atoms with van der Waals surface area (Å²) in [6.45, 7) is 0. The van der Waals surface area contributed by atoms with Gasteiger partial charge in [-0.2, -0.15) is 0 Å². The zero-order valence-corrected chi connectivity index (χ0v) is 84.4. The molecule has 0 aliphatic carbocycles. The van der Waals surface area contributed by atoms with Gasteiger partial charge in [0.25, 0.3) is 0 Å². The van der Waals surface area contributed by atoms with Crippen molar-refractivity contribution < 1.29 is 428 Å². The van der Waals surface area contributed by atoms with Gasteiger partial charge in [-0.1, -0.05) is 0 Å². The molecule has 0 aliphatic rings. The van der Waals surface area contributed by atoms with Gasteiger partial charge in [-0.25, -0.2) is 43.2 Å². The van der Waals surface area contributed by atoms with Gasteiger partial charge in [0, 0.05) is 0 Å². The van der Waals surface area contributed by atoms with Crippen LogP contribution < -0.4 is 0 Å². The molecule has 65 heteroatoms. The summed E-state index contributed by atoms with van der Waals surface area (Å²) in [6, 6.07) is 0. The Labute approximate surface area is 744 Å². The molecule has 0 saturated carbocycles. The van der Waals surface area contributed by atoms with Crippen molar-refractivity contribution in [2.45, 2.75) is 0 Å². The Morgan fingerprint density at radius 2 is 0.149 bits per heavy atom. The van der Waals surface area contributed by atoms with Gasteiger partial charge in [0.2, 0.25) is 0 Å². The predicted molar refractivity (Wildman–Crippen MR) is 192 cm³/mol. The molecule has 360 valence electrons. The molecule has 0 bridgehead atoms. The van der Waals surface area contributed by atoms with Crippen LogP contribution >= 0.6 is 0 Å². The van der Waals surface area contributed by atoms with Crippen molar-refractivity contribution >= 4 is 331 Å². The smallest absolute Gasteiger partial charge is 2.00 e. The summed E-state index contributed by atoms with van der Waals surface area (Å²) in [4.78, 5) is 77.0. The van der Waals surface area contributed by atoms with Crippen molar-refractivity contribution in [2.24, 2.45) is 0 Å².